The normalized spacial score (nSPS) is 15.9. The summed E-state index contributed by atoms with van der Waals surface area (Å²) in [7, 11) is 4.96. The van der Waals surface area contributed by atoms with Gasteiger partial charge in [-0.2, -0.15) is 8.42 Å². The van der Waals surface area contributed by atoms with Crippen LogP contribution >= 0.6 is 0 Å². The molecule has 26 heteroatoms. The Balaban J connectivity index is 1.06. The Bertz CT molecular complexity index is 2910. The molecule has 3 aliphatic heterocycles. The molecule has 2 aromatic carbocycles. The van der Waals surface area contributed by atoms with Gasteiger partial charge in [-0.3, -0.25) is 38.7 Å². The van der Waals surface area contributed by atoms with Crippen molar-refractivity contribution < 1.29 is 78.5 Å². The lowest BCUT2D eigenvalue weighted by Gasteiger charge is -2.31. The highest BCUT2D eigenvalue weighted by atomic mass is 32.2. The molecule has 0 aliphatic carbocycles. The first-order valence-electron chi connectivity index (χ1n) is 24.9. The molecule has 0 spiro atoms. The van der Waals surface area contributed by atoms with E-state index in [1.165, 1.54) is 20.1 Å². The molecule has 76 heavy (non-hydrogen) atoms. The second kappa shape index (κ2) is 24.8. The summed E-state index contributed by atoms with van der Waals surface area (Å²) in [5.74, 6) is -2.81. The number of hydrogen-bond donors (Lipinski definition) is 3. The summed E-state index contributed by atoms with van der Waals surface area (Å²) in [4.78, 5) is 81.4. The van der Waals surface area contributed by atoms with Gasteiger partial charge in [0.25, 0.3) is 27.6 Å². The predicted molar refractivity (Wildman–Crippen MR) is 275 cm³/mol. The lowest BCUT2D eigenvalue weighted by atomic mass is 9.88. The fourth-order valence-corrected chi connectivity index (χ4v) is 9.71. The zero-order chi connectivity index (χ0) is 55.7. The van der Waals surface area contributed by atoms with Gasteiger partial charge in [-0.05, 0) is 94.9 Å². The molecule has 4 amide bonds. The first-order valence-corrected chi connectivity index (χ1v) is 26.5. The number of ether oxygens (including phenoxy) is 3. The van der Waals surface area contributed by atoms with E-state index in [4.69, 9.17) is 19.0 Å². The van der Waals surface area contributed by atoms with E-state index in [1.54, 1.807) is 62.5 Å². The van der Waals surface area contributed by atoms with Crippen LogP contribution in [0, 0.1) is 17.0 Å². The van der Waals surface area contributed by atoms with Crippen LogP contribution in [-0.2, 0) is 45.3 Å². The summed E-state index contributed by atoms with van der Waals surface area (Å²) >= 11 is 0. The van der Waals surface area contributed by atoms with E-state index < -0.39 is 75.4 Å². The quantitative estimate of drug-likeness (QED) is 0.0131. The van der Waals surface area contributed by atoms with E-state index >= 15 is 8.63 Å². The third-order valence-electron chi connectivity index (χ3n) is 13.1. The summed E-state index contributed by atoms with van der Waals surface area (Å²) in [5.41, 5.74) is 1.96. The molecular formula is C50H66BF2N8O14S+. The molecular weight excluding hydrogens is 1020 g/mol. The number of imide groups is 1. The molecule has 4 heterocycles. The van der Waals surface area contributed by atoms with Crippen molar-refractivity contribution in [2.45, 2.75) is 83.8 Å². The minimum atomic E-state index is -4.54. The van der Waals surface area contributed by atoms with Crippen LogP contribution in [0.4, 0.5) is 19.1 Å². The van der Waals surface area contributed by atoms with Gasteiger partial charge >= 0.3 is 13.1 Å². The molecule has 6 rings (SSSR count). The molecule has 1 fully saturated rings. The summed E-state index contributed by atoms with van der Waals surface area (Å²) < 4.78 is 85.8. The number of fused-ring (bicyclic) bond motifs is 2. The maximum Gasteiger partial charge on any atom is 0.737 e. The van der Waals surface area contributed by atoms with Crippen LogP contribution in [0.15, 0.2) is 65.9 Å². The first kappa shape index (κ1) is 58.2. The number of halogens is 2. The number of unbranched alkanes of at least 4 members (excludes halogenated alkanes) is 1. The van der Waals surface area contributed by atoms with Gasteiger partial charge in [0.05, 0.1) is 57.1 Å². The van der Waals surface area contributed by atoms with Crippen LogP contribution in [-0.4, -0.2) is 164 Å². The molecule has 0 bridgehead atoms. The molecule has 2 atom stereocenters. The van der Waals surface area contributed by atoms with Crippen LogP contribution in [0.3, 0.4) is 0 Å². The van der Waals surface area contributed by atoms with E-state index in [2.05, 4.69) is 10.6 Å². The molecule has 3 N–H and O–H groups in total. The summed E-state index contributed by atoms with van der Waals surface area (Å²) in [5, 5.41) is 18.1. The molecule has 3 aliphatic rings. The summed E-state index contributed by atoms with van der Waals surface area (Å²) in [6.45, 7) is 0.134. The van der Waals surface area contributed by atoms with Crippen molar-refractivity contribution in [1.29, 1.82) is 0 Å². The van der Waals surface area contributed by atoms with E-state index in [-0.39, 0.29) is 103 Å². The van der Waals surface area contributed by atoms with E-state index in [0.29, 0.717) is 40.6 Å². The highest BCUT2D eigenvalue weighted by molar-refractivity contribution is 7.85. The number of allylic oxidation sites excluding steroid dienone is 2. The number of carbonyl (C=O) groups is 5. The number of hydroxylamine groups is 2. The van der Waals surface area contributed by atoms with Gasteiger partial charge in [-0.1, -0.05) is 23.3 Å². The average molecular weight is 1080 g/mol. The van der Waals surface area contributed by atoms with Crippen molar-refractivity contribution >= 4 is 64.3 Å². The van der Waals surface area contributed by atoms with Crippen molar-refractivity contribution in [1.82, 2.24) is 25.1 Å². The highest BCUT2D eigenvalue weighted by Crippen LogP contribution is 2.41. The zero-order valence-electron chi connectivity index (χ0n) is 43.7. The largest absolute Gasteiger partial charge is 0.737 e. The topological polar surface area (TPSA) is 258 Å². The van der Waals surface area contributed by atoms with Gasteiger partial charge in [0.1, 0.15) is 18.8 Å². The fourth-order valence-electron chi connectivity index (χ4n) is 9.20. The molecule has 22 nitrogen and oxygen atoms in total. The Labute approximate surface area is 439 Å². The molecule has 3 aromatic rings. The maximum atomic E-state index is 17.2. The molecule has 0 saturated carbocycles. The number of likely N-dealkylation sites (N-methyl/N-ethyl adjacent to an activating group) is 1. The van der Waals surface area contributed by atoms with Crippen LogP contribution in [0.2, 0.25) is 0 Å². The number of nitro groups is 1. The van der Waals surface area contributed by atoms with Gasteiger partial charge in [-0.25, -0.2) is 4.79 Å². The van der Waals surface area contributed by atoms with Crippen molar-refractivity contribution in [2.24, 2.45) is 0 Å². The Morgan fingerprint density at radius 3 is 2.34 bits per heavy atom. The lowest BCUT2D eigenvalue weighted by molar-refractivity contribution is -0.870. The van der Waals surface area contributed by atoms with Crippen LogP contribution in [0.1, 0.15) is 92.5 Å². The van der Waals surface area contributed by atoms with E-state index in [0.717, 1.165) is 28.0 Å². The van der Waals surface area contributed by atoms with Gasteiger partial charge in [0, 0.05) is 67.9 Å². The standard InChI is InChI=1S/C50H65BF2N8O14S/c1-33-28-37(57-40(33)31-42-36(16-13-27-76(69,70)71)29-41(58(42)51(57,52)53)35-14-9-8-10-15-35)18-19-46(62)55-39(17-11-12-25-61(4,5)6)49(65)54-22-23-56(3)24-26-73-45-32-43(60(67)68)38(30-44(45)72-7)34(2)74-50(66)75-59-47(63)20-21-48(59)64/h8-10,14-15,28-32,34,39H,11-13,16-27H2,1-7H3,(H2-,54,55,62,65,69,70,71)/p+1. The van der Waals surface area contributed by atoms with Gasteiger partial charge < -0.3 is 51.8 Å². The first-order chi connectivity index (χ1) is 35.8. The monoisotopic (exact) mass is 1080 g/mol. The summed E-state index contributed by atoms with van der Waals surface area (Å²) in [6.07, 6.45) is 1.89. The number of quaternary nitrogens is 1. The van der Waals surface area contributed by atoms with Crippen LogP contribution in [0.25, 0.3) is 6.08 Å². The van der Waals surface area contributed by atoms with Gasteiger partial charge in [-0.15, -0.1) is 0 Å². The number of nitrogens with one attached hydrogen (secondary N) is 2. The third kappa shape index (κ3) is 14.9. The predicted octanol–water partition coefficient (Wildman–Crippen LogP) is 5.10. The number of hydrogen-bond acceptors (Lipinski definition) is 14. The summed E-state index contributed by atoms with van der Waals surface area (Å²) in [6, 6.07) is 11.7. The Morgan fingerprint density at radius 1 is 1.00 bits per heavy atom. The second-order valence-electron chi connectivity index (χ2n) is 19.9. The number of methoxy groups -OCH3 is 1. The number of rotatable bonds is 27. The Morgan fingerprint density at radius 2 is 1.70 bits per heavy atom. The number of carbonyl (C=O) groups excluding carboxylic acids is 5. The number of benzene rings is 2. The molecule has 0 radical (unpaired) electrons. The third-order valence-corrected chi connectivity index (χ3v) is 13.9. The van der Waals surface area contributed by atoms with Crippen molar-refractivity contribution in [3.63, 3.8) is 0 Å². The van der Waals surface area contributed by atoms with Gasteiger partial charge in [0.15, 0.2) is 22.9 Å². The van der Waals surface area contributed by atoms with Crippen molar-refractivity contribution in [2.75, 3.05) is 73.8 Å². The molecule has 412 valence electrons. The van der Waals surface area contributed by atoms with Gasteiger partial charge in [0.2, 0.25) is 11.8 Å². The minimum absolute atomic E-state index is 0.0150. The lowest BCUT2D eigenvalue weighted by Crippen LogP contribution is -2.51. The zero-order valence-corrected chi connectivity index (χ0v) is 44.5. The smallest absolute Gasteiger partial charge is 0.493 e. The van der Waals surface area contributed by atoms with E-state index in [9.17, 15) is 47.1 Å². The number of aromatic nitrogens is 1. The Kier molecular flexibility index (Phi) is 19.0. The fraction of sp³-hybridized carbons (Fsp3) is 0.480. The number of amides is 4. The molecule has 1 saturated heterocycles. The number of aryl methyl sites for hydroxylation is 2. The highest BCUT2D eigenvalue weighted by Gasteiger charge is 2.54. The van der Waals surface area contributed by atoms with Crippen molar-refractivity contribution in [3.8, 4) is 11.5 Å². The average Bonchev–Trinajstić information content (AvgIpc) is 4.05. The van der Waals surface area contributed by atoms with Crippen molar-refractivity contribution in [3.05, 3.63) is 104 Å². The Hall–Kier alpha value is -7.03. The van der Waals surface area contributed by atoms with Crippen LogP contribution < -0.4 is 20.1 Å². The molecule has 1 aromatic heterocycles. The minimum Gasteiger partial charge on any atom is -0.493 e. The van der Waals surface area contributed by atoms with Crippen LogP contribution in [0.5, 0.6) is 11.5 Å². The SMILES string of the molecule is COc1cc(C(C)OC(=O)ON2C(=O)CCC2=O)c([N+](=O)[O-])cc1OCCN(C)CCNC(=O)C(CCCC[N+](C)(C)C)NC(=O)CCc1cc(C)c2n1[B-](F)(F)[N+]1=C(c3ccccc3)C=C(CCCS(=O)(=O)O)C1=C2. The number of nitro benzene ring substituents is 1. The second-order valence-corrected chi connectivity index (χ2v) is 21.5. The maximum absolute atomic E-state index is 17.2. The number of nitrogens with zero attached hydrogens (tertiary/aromatic N) is 6. The molecule has 2 unspecified atom stereocenters. The van der Waals surface area contributed by atoms with E-state index in [1.807, 2.05) is 26.0 Å².